The Kier molecular flexibility index (Phi) is 7.44. The van der Waals surface area contributed by atoms with Gasteiger partial charge in [0.1, 0.15) is 0 Å². The van der Waals surface area contributed by atoms with Crippen LogP contribution in [0.15, 0.2) is 12.2 Å². The molecule has 1 aliphatic rings. The van der Waals surface area contributed by atoms with Crippen LogP contribution in [0.4, 0.5) is 0 Å². The molecule has 0 spiro atoms. The van der Waals surface area contributed by atoms with Gasteiger partial charge in [-0.3, -0.25) is 0 Å². The summed E-state index contributed by atoms with van der Waals surface area (Å²) in [5.74, 6) is 0. The van der Waals surface area contributed by atoms with Gasteiger partial charge >= 0.3 is 0 Å². The van der Waals surface area contributed by atoms with Crippen molar-refractivity contribution in [2.45, 2.75) is 32.1 Å². The Balaban J connectivity index is 0.000000291. The van der Waals surface area contributed by atoms with Gasteiger partial charge in [0.15, 0.2) is 0 Å². The van der Waals surface area contributed by atoms with Crippen LogP contribution >= 0.6 is 0 Å². The average Bonchev–Trinajstić information content (AvgIpc) is 2.21. The maximum Gasteiger partial charge on any atom is 0.0319 e. The third-order valence-electron chi connectivity index (χ3n) is 1.41. The summed E-state index contributed by atoms with van der Waals surface area (Å²) in [6.45, 7) is 0. The van der Waals surface area contributed by atoms with Gasteiger partial charge in [0.2, 0.25) is 0 Å². The van der Waals surface area contributed by atoms with Crippen molar-refractivity contribution in [3.05, 3.63) is 12.2 Å². The molecule has 0 amide bonds. The van der Waals surface area contributed by atoms with Gasteiger partial charge < -0.3 is 5.11 Å². The van der Waals surface area contributed by atoms with Crippen LogP contribution in [-0.4, -0.2) is 12.2 Å². The molecule has 1 aliphatic carbocycles. The van der Waals surface area contributed by atoms with Crippen molar-refractivity contribution in [1.29, 1.82) is 0 Å². The van der Waals surface area contributed by atoms with Crippen molar-refractivity contribution in [3.63, 3.8) is 0 Å². The first kappa shape index (κ1) is 8.70. The standard InChI is InChI=1S/C7H12.CH4O/c1-2-4-6-7-5-3-1;1-2/h1-2H,3-7H2;2H,1H3. The van der Waals surface area contributed by atoms with Gasteiger partial charge in [-0.25, -0.2) is 0 Å². The lowest BCUT2D eigenvalue weighted by atomic mass is 10.2. The van der Waals surface area contributed by atoms with Gasteiger partial charge in [0, 0.05) is 7.11 Å². The molecule has 0 unspecified atom stereocenters. The van der Waals surface area contributed by atoms with Crippen LogP contribution < -0.4 is 0 Å². The average molecular weight is 128 g/mol. The highest BCUT2D eigenvalue weighted by Gasteiger charge is 1.88. The second-order valence-electron chi connectivity index (χ2n) is 2.11. The van der Waals surface area contributed by atoms with Crippen molar-refractivity contribution in [2.24, 2.45) is 0 Å². The molecule has 0 atom stereocenters. The second-order valence-corrected chi connectivity index (χ2v) is 2.11. The number of aliphatic hydroxyl groups excluding tert-OH is 1. The van der Waals surface area contributed by atoms with Crippen molar-refractivity contribution in [3.8, 4) is 0 Å². The quantitative estimate of drug-likeness (QED) is 0.495. The molecule has 1 heteroatoms. The molecule has 0 radical (unpaired) electrons. The molecule has 0 saturated heterocycles. The molecule has 1 nitrogen and oxygen atoms in total. The summed E-state index contributed by atoms with van der Waals surface area (Å²) < 4.78 is 0. The van der Waals surface area contributed by atoms with Gasteiger partial charge in [0.05, 0.1) is 0 Å². The summed E-state index contributed by atoms with van der Waals surface area (Å²) in [5, 5.41) is 7.00. The van der Waals surface area contributed by atoms with Crippen LogP contribution in [0.25, 0.3) is 0 Å². The lowest BCUT2D eigenvalue weighted by Crippen LogP contribution is -1.67. The van der Waals surface area contributed by atoms with E-state index in [9.17, 15) is 0 Å². The second kappa shape index (κ2) is 7.70. The normalized spacial score (nSPS) is 17.6. The third-order valence-corrected chi connectivity index (χ3v) is 1.41. The summed E-state index contributed by atoms with van der Waals surface area (Å²) in [6.07, 6.45) is 11.5. The molecule has 0 aliphatic heterocycles. The molecule has 0 bridgehead atoms. The lowest BCUT2D eigenvalue weighted by Gasteiger charge is -1.86. The molecule has 0 fully saturated rings. The molecule has 9 heavy (non-hydrogen) atoms. The molecule has 0 heterocycles. The van der Waals surface area contributed by atoms with Crippen LogP contribution in [0.1, 0.15) is 32.1 Å². The largest absolute Gasteiger partial charge is 0.400 e. The summed E-state index contributed by atoms with van der Waals surface area (Å²) in [4.78, 5) is 0. The first-order valence-corrected chi connectivity index (χ1v) is 3.60. The molecular weight excluding hydrogens is 112 g/mol. The molecule has 0 aromatic rings. The smallest absolute Gasteiger partial charge is 0.0319 e. The minimum absolute atomic E-state index is 1.00. The van der Waals surface area contributed by atoms with Crippen LogP contribution in [0, 0.1) is 0 Å². The zero-order chi connectivity index (χ0) is 6.95. The summed E-state index contributed by atoms with van der Waals surface area (Å²) in [5.41, 5.74) is 0. The monoisotopic (exact) mass is 128 g/mol. The van der Waals surface area contributed by atoms with Crippen molar-refractivity contribution in [2.75, 3.05) is 7.11 Å². The Morgan fingerprint density at radius 3 is 1.78 bits per heavy atom. The molecule has 1 N–H and O–H groups in total. The van der Waals surface area contributed by atoms with Gasteiger partial charge in [0.25, 0.3) is 0 Å². The number of hydrogen-bond donors (Lipinski definition) is 1. The zero-order valence-corrected chi connectivity index (χ0v) is 6.14. The molecule has 0 aromatic carbocycles. The van der Waals surface area contributed by atoms with E-state index in [0.29, 0.717) is 0 Å². The van der Waals surface area contributed by atoms with E-state index in [1.165, 1.54) is 32.1 Å². The van der Waals surface area contributed by atoms with E-state index in [1.54, 1.807) is 0 Å². The summed E-state index contributed by atoms with van der Waals surface area (Å²) in [7, 11) is 1.00. The Bertz CT molecular complexity index is 59.0. The molecule has 1 rings (SSSR count). The minimum Gasteiger partial charge on any atom is -0.400 e. The number of allylic oxidation sites excluding steroid dienone is 2. The van der Waals surface area contributed by atoms with Gasteiger partial charge in [-0.1, -0.05) is 18.6 Å². The van der Waals surface area contributed by atoms with E-state index in [-0.39, 0.29) is 0 Å². The zero-order valence-electron chi connectivity index (χ0n) is 6.14. The molecule has 0 saturated carbocycles. The number of hydrogen-bond acceptors (Lipinski definition) is 1. The predicted octanol–water partition coefficient (Wildman–Crippen LogP) is 2.12. The van der Waals surface area contributed by atoms with E-state index >= 15 is 0 Å². The topological polar surface area (TPSA) is 20.2 Å². The first-order chi connectivity index (χ1) is 4.50. The highest BCUT2D eigenvalue weighted by atomic mass is 16.2. The maximum atomic E-state index is 7.00. The molecular formula is C8H16O. The summed E-state index contributed by atoms with van der Waals surface area (Å²) >= 11 is 0. The van der Waals surface area contributed by atoms with Gasteiger partial charge in [-0.15, -0.1) is 0 Å². The van der Waals surface area contributed by atoms with E-state index in [0.717, 1.165) is 7.11 Å². The van der Waals surface area contributed by atoms with Crippen molar-refractivity contribution in [1.82, 2.24) is 0 Å². The lowest BCUT2D eigenvalue weighted by molar-refractivity contribution is 0.399. The first-order valence-electron chi connectivity index (χ1n) is 3.60. The van der Waals surface area contributed by atoms with Crippen molar-refractivity contribution >= 4 is 0 Å². The maximum absolute atomic E-state index is 7.00. The van der Waals surface area contributed by atoms with Crippen molar-refractivity contribution < 1.29 is 5.11 Å². The molecule has 54 valence electrons. The Hall–Kier alpha value is -0.300. The number of rotatable bonds is 0. The Morgan fingerprint density at radius 1 is 0.889 bits per heavy atom. The van der Waals surface area contributed by atoms with E-state index in [1.807, 2.05) is 0 Å². The van der Waals surface area contributed by atoms with Crippen LogP contribution in [0.3, 0.4) is 0 Å². The SMILES string of the molecule is C1=CCCCCC1.CO. The molecule has 0 aromatic heterocycles. The minimum atomic E-state index is 1.00. The van der Waals surface area contributed by atoms with E-state index < -0.39 is 0 Å². The highest BCUT2D eigenvalue weighted by Crippen LogP contribution is 2.08. The van der Waals surface area contributed by atoms with Crippen LogP contribution in [0.5, 0.6) is 0 Å². The van der Waals surface area contributed by atoms with Gasteiger partial charge in [-0.05, 0) is 25.7 Å². The Labute approximate surface area is 57.4 Å². The van der Waals surface area contributed by atoms with Gasteiger partial charge in [-0.2, -0.15) is 0 Å². The van der Waals surface area contributed by atoms with Crippen LogP contribution in [-0.2, 0) is 0 Å². The predicted molar refractivity (Wildman–Crippen MR) is 40.4 cm³/mol. The fraction of sp³-hybridized carbons (Fsp3) is 0.750. The van der Waals surface area contributed by atoms with E-state index in [2.05, 4.69) is 12.2 Å². The third kappa shape index (κ3) is 5.57. The fourth-order valence-corrected chi connectivity index (χ4v) is 0.937. The van der Waals surface area contributed by atoms with Crippen LogP contribution in [0.2, 0.25) is 0 Å². The van der Waals surface area contributed by atoms with E-state index in [4.69, 9.17) is 5.11 Å². The fourth-order valence-electron chi connectivity index (χ4n) is 0.937. The number of aliphatic hydroxyl groups is 1. The summed E-state index contributed by atoms with van der Waals surface area (Å²) in [6, 6.07) is 0. The highest BCUT2D eigenvalue weighted by molar-refractivity contribution is 4.83. The Morgan fingerprint density at radius 2 is 1.33 bits per heavy atom.